The molecule has 0 fully saturated rings. The molecule has 0 radical (unpaired) electrons. The Bertz CT molecular complexity index is 620. The van der Waals surface area contributed by atoms with Gasteiger partial charge in [0.1, 0.15) is 17.1 Å². The van der Waals surface area contributed by atoms with Gasteiger partial charge in [-0.1, -0.05) is 12.1 Å². The third-order valence-electron chi connectivity index (χ3n) is 2.99. The molecule has 0 N–H and O–H groups in total. The number of aryl methyl sites for hydroxylation is 1. The van der Waals surface area contributed by atoms with E-state index in [4.69, 9.17) is 4.74 Å². The van der Waals surface area contributed by atoms with Crippen molar-refractivity contribution in [1.82, 2.24) is 9.78 Å². The van der Waals surface area contributed by atoms with E-state index in [2.05, 4.69) is 5.10 Å². The summed E-state index contributed by atoms with van der Waals surface area (Å²) in [5.41, 5.74) is 2.07. The number of hydrogen-bond acceptors (Lipinski definition) is 4. The van der Waals surface area contributed by atoms with E-state index in [1.165, 1.54) is 0 Å². The summed E-state index contributed by atoms with van der Waals surface area (Å²) in [5.74, 6) is 0.758. The first-order valence-electron chi connectivity index (χ1n) is 5.84. The summed E-state index contributed by atoms with van der Waals surface area (Å²) in [6.45, 7) is 3.84. The van der Waals surface area contributed by atoms with Gasteiger partial charge in [-0.25, -0.2) is 0 Å². The van der Waals surface area contributed by atoms with Crippen LogP contribution in [-0.4, -0.2) is 21.8 Å². The van der Waals surface area contributed by atoms with Crippen molar-refractivity contribution in [3.05, 3.63) is 51.3 Å². The molecule has 0 aliphatic rings. The van der Waals surface area contributed by atoms with Gasteiger partial charge in [-0.3, -0.25) is 14.8 Å². The predicted octanol–water partition coefficient (Wildman–Crippen LogP) is 2.47. The monoisotopic (exact) mass is 261 g/mol. The van der Waals surface area contributed by atoms with Gasteiger partial charge in [0.15, 0.2) is 0 Å². The fourth-order valence-corrected chi connectivity index (χ4v) is 2.05. The molecule has 0 unspecified atom stereocenters. The van der Waals surface area contributed by atoms with Crippen LogP contribution >= 0.6 is 0 Å². The van der Waals surface area contributed by atoms with Crippen LogP contribution in [0.2, 0.25) is 0 Å². The topological polar surface area (TPSA) is 70.2 Å². The van der Waals surface area contributed by atoms with Crippen LogP contribution in [0, 0.1) is 24.0 Å². The van der Waals surface area contributed by atoms with Crippen LogP contribution in [0.5, 0.6) is 5.75 Å². The molecule has 2 aromatic rings. The fraction of sp³-hybridized carbons (Fsp3) is 0.308. The number of aromatic nitrogens is 2. The average molecular weight is 261 g/mol. The number of ether oxygens (including phenoxy) is 1. The molecule has 6 heteroatoms. The minimum Gasteiger partial charge on any atom is -0.497 e. The zero-order valence-corrected chi connectivity index (χ0v) is 11.1. The van der Waals surface area contributed by atoms with Gasteiger partial charge >= 0.3 is 5.69 Å². The van der Waals surface area contributed by atoms with Gasteiger partial charge in [-0.05, 0) is 31.5 Å². The van der Waals surface area contributed by atoms with Gasteiger partial charge in [0, 0.05) is 0 Å². The highest BCUT2D eigenvalue weighted by Gasteiger charge is 2.21. The summed E-state index contributed by atoms with van der Waals surface area (Å²) in [7, 11) is 1.60. The SMILES string of the molecule is COc1cccc(Cn2nc(C)c([N+](=O)[O-])c2C)c1. The number of methoxy groups -OCH3 is 1. The van der Waals surface area contributed by atoms with Crippen LogP contribution in [0.4, 0.5) is 5.69 Å². The quantitative estimate of drug-likeness (QED) is 0.626. The van der Waals surface area contributed by atoms with Crippen LogP contribution in [0.15, 0.2) is 24.3 Å². The highest BCUT2D eigenvalue weighted by Crippen LogP contribution is 2.23. The predicted molar refractivity (Wildman–Crippen MR) is 70.5 cm³/mol. The van der Waals surface area contributed by atoms with Crippen molar-refractivity contribution in [3.8, 4) is 5.75 Å². The molecule has 0 bridgehead atoms. The van der Waals surface area contributed by atoms with Crippen molar-refractivity contribution in [2.75, 3.05) is 7.11 Å². The molecule has 0 atom stereocenters. The molecule has 19 heavy (non-hydrogen) atoms. The van der Waals surface area contributed by atoms with E-state index in [0.29, 0.717) is 17.9 Å². The molecular weight excluding hydrogens is 246 g/mol. The van der Waals surface area contributed by atoms with Gasteiger partial charge < -0.3 is 4.74 Å². The molecule has 1 heterocycles. The maximum atomic E-state index is 10.9. The summed E-state index contributed by atoms with van der Waals surface area (Å²) in [6.07, 6.45) is 0. The number of rotatable bonds is 4. The lowest BCUT2D eigenvalue weighted by Gasteiger charge is -2.06. The van der Waals surface area contributed by atoms with E-state index in [1.54, 1.807) is 25.6 Å². The summed E-state index contributed by atoms with van der Waals surface area (Å²) < 4.78 is 6.79. The van der Waals surface area contributed by atoms with Gasteiger partial charge in [0.25, 0.3) is 0 Å². The Kier molecular flexibility index (Phi) is 3.50. The molecular formula is C13H15N3O3. The standard InChI is InChI=1S/C13H15N3O3/c1-9-13(16(17)18)10(2)15(14-9)8-11-5-4-6-12(7-11)19-3/h4-7H,8H2,1-3H3. The third-order valence-corrected chi connectivity index (χ3v) is 2.99. The minimum absolute atomic E-state index is 0.0860. The summed E-state index contributed by atoms with van der Waals surface area (Å²) in [6, 6.07) is 7.56. The second-order valence-electron chi connectivity index (χ2n) is 4.29. The number of hydrogen-bond donors (Lipinski definition) is 0. The van der Waals surface area contributed by atoms with Crippen LogP contribution < -0.4 is 4.74 Å². The minimum atomic E-state index is -0.389. The summed E-state index contributed by atoms with van der Waals surface area (Å²) in [4.78, 5) is 10.6. The van der Waals surface area contributed by atoms with Crippen molar-refractivity contribution < 1.29 is 9.66 Å². The molecule has 100 valence electrons. The van der Waals surface area contributed by atoms with Crippen LogP contribution in [-0.2, 0) is 6.54 Å². The third kappa shape index (κ3) is 2.57. The second kappa shape index (κ2) is 5.09. The van der Waals surface area contributed by atoms with E-state index in [9.17, 15) is 10.1 Å². The Morgan fingerprint density at radius 1 is 1.42 bits per heavy atom. The Morgan fingerprint density at radius 2 is 2.16 bits per heavy atom. The molecule has 1 aromatic heterocycles. The number of nitro groups is 1. The second-order valence-corrected chi connectivity index (χ2v) is 4.29. The van der Waals surface area contributed by atoms with Crippen molar-refractivity contribution >= 4 is 5.69 Å². The van der Waals surface area contributed by atoms with Crippen LogP contribution in [0.3, 0.4) is 0 Å². The number of benzene rings is 1. The lowest BCUT2D eigenvalue weighted by atomic mass is 10.2. The maximum absolute atomic E-state index is 10.9. The molecule has 0 saturated heterocycles. The van der Waals surface area contributed by atoms with Crippen molar-refractivity contribution in [2.45, 2.75) is 20.4 Å². The van der Waals surface area contributed by atoms with Crippen molar-refractivity contribution in [1.29, 1.82) is 0 Å². The molecule has 0 amide bonds. The first kappa shape index (κ1) is 13.1. The fourth-order valence-electron chi connectivity index (χ4n) is 2.05. The molecule has 6 nitrogen and oxygen atoms in total. The van der Waals surface area contributed by atoms with Gasteiger partial charge in [0.05, 0.1) is 18.6 Å². The molecule has 0 aliphatic carbocycles. The normalized spacial score (nSPS) is 10.5. The highest BCUT2D eigenvalue weighted by atomic mass is 16.6. The first-order valence-corrected chi connectivity index (χ1v) is 5.84. The van der Waals surface area contributed by atoms with Gasteiger partial charge in [-0.2, -0.15) is 5.10 Å². The highest BCUT2D eigenvalue weighted by molar-refractivity contribution is 5.40. The van der Waals surface area contributed by atoms with E-state index in [0.717, 1.165) is 11.3 Å². The lowest BCUT2D eigenvalue weighted by Crippen LogP contribution is -2.04. The van der Waals surface area contributed by atoms with E-state index >= 15 is 0 Å². The van der Waals surface area contributed by atoms with Crippen LogP contribution in [0.25, 0.3) is 0 Å². The molecule has 0 aliphatic heterocycles. The molecule has 0 spiro atoms. The van der Waals surface area contributed by atoms with Crippen LogP contribution in [0.1, 0.15) is 17.0 Å². The zero-order chi connectivity index (χ0) is 14.0. The number of nitrogens with zero attached hydrogens (tertiary/aromatic N) is 3. The van der Waals surface area contributed by atoms with Gasteiger partial charge in [0.2, 0.25) is 0 Å². The zero-order valence-electron chi connectivity index (χ0n) is 11.1. The molecule has 0 saturated carbocycles. The summed E-state index contributed by atoms with van der Waals surface area (Å²) in [5, 5.41) is 15.2. The van der Waals surface area contributed by atoms with Gasteiger partial charge in [-0.15, -0.1) is 0 Å². The van der Waals surface area contributed by atoms with E-state index < -0.39 is 0 Å². The Balaban J connectivity index is 2.33. The summed E-state index contributed by atoms with van der Waals surface area (Å²) >= 11 is 0. The average Bonchev–Trinajstić information content (AvgIpc) is 2.64. The van der Waals surface area contributed by atoms with E-state index in [1.807, 2.05) is 24.3 Å². The Morgan fingerprint density at radius 3 is 2.74 bits per heavy atom. The molecule has 2 rings (SSSR count). The largest absolute Gasteiger partial charge is 0.497 e. The molecule has 1 aromatic carbocycles. The Hall–Kier alpha value is -2.37. The Labute approximate surface area is 110 Å². The van der Waals surface area contributed by atoms with Crippen molar-refractivity contribution in [2.24, 2.45) is 0 Å². The lowest BCUT2D eigenvalue weighted by molar-refractivity contribution is -0.386. The first-order chi connectivity index (χ1) is 9.02. The van der Waals surface area contributed by atoms with E-state index in [-0.39, 0.29) is 10.6 Å². The smallest absolute Gasteiger partial charge is 0.312 e. The maximum Gasteiger partial charge on any atom is 0.312 e. The van der Waals surface area contributed by atoms with Crippen molar-refractivity contribution in [3.63, 3.8) is 0 Å².